The van der Waals surface area contributed by atoms with Gasteiger partial charge < -0.3 is 10.4 Å². The van der Waals surface area contributed by atoms with Gasteiger partial charge in [-0.15, -0.1) is 0 Å². The van der Waals surface area contributed by atoms with E-state index in [1.807, 2.05) is 0 Å². The van der Waals surface area contributed by atoms with E-state index in [1.165, 1.54) is 24.3 Å². The van der Waals surface area contributed by atoms with Crippen LogP contribution in [-0.2, 0) is 4.79 Å². The van der Waals surface area contributed by atoms with Crippen LogP contribution in [-0.4, -0.2) is 21.9 Å². The summed E-state index contributed by atoms with van der Waals surface area (Å²) in [5, 5.41) is 22.2. The summed E-state index contributed by atoms with van der Waals surface area (Å²) < 4.78 is 0. The van der Waals surface area contributed by atoms with E-state index in [4.69, 9.17) is 5.11 Å². The molecule has 0 fully saturated rings. The number of carboxylic acids is 1. The van der Waals surface area contributed by atoms with Crippen LogP contribution in [0.15, 0.2) is 48.5 Å². The Morgan fingerprint density at radius 3 is 2.13 bits per heavy atom. The largest absolute Gasteiger partial charge is 0.481 e. The molecule has 7 nitrogen and oxygen atoms in total. The molecule has 2 N–H and O–H groups in total. The average molecular weight is 314 g/mol. The fourth-order valence-corrected chi connectivity index (χ4v) is 1.94. The number of nitro groups is 1. The molecule has 0 aliphatic rings. The van der Waals surface area contributed by atoms with Crippen LogP contribution in [0.4, 0.5) is 11.4 Å². The minimum atomic E-state index is -0.923. The van der Waals surface area contributed by atoms with E-state index in [9.17, 15) is 19.7 Å². The maximum atomic E-state index is 12.0. The van der Waals surface area contributed by atoms with Crippen molar-refractivity contribution < 1.29 is 19.6 Å². The van der Waals surface area contributed by atoms with Gasteiger partial charge in [0.15, 0.2) is 0 Å². The molecule has 0 heterocycles. The average Bonchev–Trinajstić information content (AvgIpc) is 2.54. The summed E-state index contributed by atoms with van der Waals surface area (Å²) in [6.07, 6.45) is 0. The quantitative estimate of drug-likeness (QED) is 0.651. The number of nitrogens with zero attached hydrogens (tertiary/aromatic N) is 1. The van der Waals surface area contributed by atoms with Gasteiger partial charge in [-0.3, -0.25) is 19.7 Å². The summed E-state index contributed by atoms with van der Waals surface area (Å²) in [5.41, 5.74) is 1.34. The molecular formula is C16H14N2O5. The number of hydrogen-bond acceptors (Lipinski definition) is 4. The Hall–Kier alpha value is -3.22. The standard InChI is InChI=1S/C16H14N2O5/c1-10(16(20)21)11-2-6-13(7-3-11)17-15(19)12-4-8-14(9-5-12)18(22)23/h2-10H,1H3,(H,17,19)(H,20,21). The number of amides is 1. The summed E-state index contributed by atoms with van der Waals surface area (Å²) in [6.45, 7) is 1.58. The number of carboxylic acid groups (broad SMARTS) is 1. The van der Waals surface area contributed by atoms with Crippen LogP contribution in [0.3, 0.4) is 0 Å². The van der Waals surface area contributed by atoms with Crippen LogP contribution in [0.1, 0.15) is 28.8 Å². The van der Waals surface area contributed by atoms with Gasteiger partial charge in [-0.2, -0.15) is 0 Å². The lowest BCUT2D eigenvalue weighted by Gasteiger charge is -2.09. The van der Waals surface area contributed by atoms with Crippen LogP contribution in [0, 0.1) is 10.1 Å². The van der Waals surface area contributed by atoms with Crippen LogP contribution < -0.4 is 5.32 Å². The smallest absolute Gasteiger partial charge is 0.310 e. The highest BCUT2D eigenvalue weighted by atomic mass is 16.6. The maximum absolute atomic E-state index is 12.0. The summed E-state index contributed by atoms with van der Waals surface area (Å²) in [5.74, 6) is -1.96. The molecule has 0 saturated heterocycles. The number of aliphatic carboxylic acids is 1. The Balaban J connectivity index is 2.08. The van der Waals surface area contributed by atoms with Crippen LogP contribution in [0.25, 0.3) is 0 Å². The Kier molecular flexibility index (Phi) is 4.70. The molecular weight excluding hydrogens is 300 g/mol. The van der Waals surface area contributed by atoms with Gasteiger partial charge in [0, 0.05) is 23.4 Å². The van der Waals surface area contributed by atoms with Crippen LogP contribution >= 0.6 is 0 Å². The first-order valence-corrected chi connectivity index (χ1v) is 6.77. The Labute approximate surface area is 131 Å². The molecule has 0 aromatic heterocycles. The summed E-state index contributed by atoms with van der Waals surface area (Å²) in [7, 11) is 0. The molecule has 23 heavy (non-hydrogen) atoms. The first-order valence-electron chi connectivity index (χ1n) is 6.77. The number of carbonyl (C=O) groups excluding carboxylic acids is 1. The minimum Gasteiger partial charge on any atom is -0.481 e. The van der Waals surface area contributed by atoms with Crippen molar-refractivity contribution in [2.24, 2.45) is 0 Å². The molecule has 0 saturated carbocycles. The first-order chi connectivity index (χ1) is 10.9. The molecule has 0 spiro atoms. The molecule has 118 valence electrons. The molecule has 2 rings (SSSR count). The highest BCUT2D eigenvalue weighted by molar-refractivity contribution is 6.04. The molecule has 1 amide bonds. The lowest BCUT2D eigenvalue weighted by molar-refractivity contribution is -0.384. The van der Waals surface area contributed by atoms with Gasteiger partial charge in [-0.1, -0.05) is 12.1 Å². The van der Waals surface area contributed by atoms with Gasteiger partial charge >= 0.3 is 5.97 Å². The third-order valence-corrected chi connectivity index (χ3v) is 3.38. The van der Waals surface area contributed by atoms with Crippen molar-refractivity contribution in [2.75, 3.05) is 5.32 Å². The monoisotopic (exact) mass is 314 g/mol. The fraction of sp³-hybridized carbons (Fsp3) is 0.125. The third-order valence-electron chi connectivity index (χ3n) is 3.38. The minimum absolute atomic E-state index is 0.0893. The number of benzene rings is 2. The highest BCUT2D eigenvalue weighted by Gasteiger charge is 2.14. The second-order valence-corrected chi connectivity index (χ2v) is 4.94. The Morgan fingerprint density at radius 2 is 1.65 bits per heavy atom. The zero-order valence-corrected chi connectivity index (χ0v) is 12.2. The normalized spacial score (nSPS) is 11.5. The van der Waals surface area contributed by atoms with Crippen LogP contribution in [0.5, 0.6) is 0 Å². The number of anilines is 1. The van der Waals surface area contributed by atoms with Crippen molar-refractivity contribution in [1.29, 1.82) is 0 Å². The van der Waals surface area contributed by atoms with Gasteiger partial charge in [0.25, 0.3) is 11.6 Å². The molecule has 1 atom stereocenters. The van der Waals surface area contributed by atoms with Gasteiger partial charge in [0.2, 0.25) is 0 Å². The van der Waals surface area contributed by atoms with E-state index < -0.39 is 22.7 Å². The molecule has 0 aliphatic carbocycles. The van der Waals surface area contributed by atoms with Crippen molar-refractivity contribution in [3.8, 4) is 0 Å². The van der Waals surface area contributed by atoms with Crippen molar-refractivity contribution in [3.05, 3.63) is 69.8 Å². The zero-order chi connectivity index (χ0) is 17.0. The van der Waals surface area contributed by atoms with Gasteiger partial charge in [0.05, 0.1) is 10.8 Å². The molecule has 0 radical (unpaired) electrons. The van der Waals surface area contributed by atoms with Gasteiger partial charge in [-0.05, 0) is 36.8 Å². The number of nitrogens with one attached hydrogen (secondary N) is 1. The number of carbonyl (C=O) groups is 2. The SMILES string of the molecule is CC(C(=O)O)c1ccc(NC(=O)c2ccc([N+](=O)[O-])cc2)cc1. The van der Waals surface area contributed by atoms with Crippen molar-refractivity contribution >= 4 is 23.3 Å². The highest BCUT2D eigenvalue weighted by Crippen LogP contribution is 2.19. The van der Waals surface area contributed by atoms with E-state index in [-0.39, 0.29) is 5.69 Å². The zero-order valence-electron chi connectivity index (χ0n) is 12.2. The predicted molar refractivity (Wildman–Crippen MR) is 83.5 cm³/mol. The van der Waals surface area contributed by atoms with E-state index in [1.54, 1.807) is 31.2 Å². The molecule has 2 aromatic carbocycles. The van der Waals surface area contributed by atoms with E-state index >= 15 is 0 Å². The van der Waals surface area contributed by atoms with Crippen molar-refractivity contribution in [3.63, 3.8) is 0 Å². The first kappa shape index (κ1) is 16.2. The third kappa shape index (κ3) is 3.91. The predicted octanol–water partition coefficient (Wildman–Crippen LogP) is 3.04. The molecule has 1 unspecified atom stereocenters. The number of nitro benzene ring substituents is 1. The molecule has 0 aliphatic heterocycles. The lowest BCUT2D eigenvalue weighted by Crippen LogP contribution is -2.12. The molecule has 0 bridgehead atoms. The van der Waals surface area contributed by atoms with Gasteiger partial charge in [0.1, 0.15) is 0 Å². The van der Waals surface area contributed by atoms with E-state index in [2.05, 4.69) is 5.32 Å². The van der Waals surface area contributed by atoms with E-state index in [0.717, 1.165) is 0 Å². The second-order valence-electron chi connectivity index (χ2n) is 4.94. The molecule has 7 heteroatoms. The summed E-state index contributed by atoms with van der Waals surface area (Å²) in [4.78, 5) is 33.0. The second kappa shape index (κ2) is 6.69. The fourth-order valence-electron chi connectivity index (χ4n) is 1.94. The Morgan fingerprint density at radius 1 is 1.09 bits per heavy atom. The summed E-state index contributed by atoms with van der Waals surface area (Å²) >= 11 is 0. The number of rotatable bonds is 5. The Bertz CT molecular complexity index is 738. The number of non-ortho nitro benzene ring substituents is 1. The topological polar surface area (TPSA) is 110 Å². The van der Waals surface area contributed by atoms with E-state index in [0.29, 0.717) is 16.8 Å². The van der Waals surface area contributed by atoms with Crippen LogP contribution in [0.2, 0.25) is 0 Å². The molecule has 2 aromatic rings. The van der Waals surface area contributed by atoms with Gasteiger partial charge in [-0.25, -0.2) is 0 Å². The van der Waals surface area contributed by atoms with Crippen molar-refractivity contribution in [2.45, 2.75) is 12.8 Å². The number of hydrogen-bond donors (Lipinski definition) is 2. The summed E-state index contributed by atoms with van der Waals surface area (Å²) in [6, 6.07) is 11.7. The van der Waals surface area contributed by atoms with Crippen molar-refractivity contribution in [1.82, 2.24) is 0 Å². The maximum Gasteiger partial charge on any atom is 0.310 e. The lowest BCUT2D eigenvalue weighted by atomic mass is 10.0.